The third kappa shape index (κ3) is 2.02. The molecule has 4 saturated heterocycles. The molecule has 5 aliphatic rings. The van der Waals surface area contributed by atoms with Crippen LogP contribution in [0.3, 0.4) is 0 Å². The fourth-order valence-corrected chi connectivity index (χ4v) is 4.73. The van der Waals surface area contributed by atoms with Crippen LogP contribution in [0.25, 0.3) is 0 Å². The molecule has 4 unspecified atom stereocenters. The molecule has 1 aliphatic carbocycles. The topological polar surface area (TPSA) is 36.9 Å². The first-order valence-corrected chi connectivity index (χ1v) is 7.59. The van der Waals surface area contributed by atoms with Crippen LogP contribution in [-0.4, -0.2) is 17.7 Å². The Balaban J connectivity index is 0.00000121. The monoisotopic (exact) mass is 356 g/mol. The van der Waals surface area contributed by atoms with Crippen LogP contribution in [0.1, 0.15) is 46.5 Å². The third-order valence-electron chi connectivity index (χ3n) is 5.83. The van der Waals surface area contributed by atoms with Gasteiger partial charge in [-0.2, -0.15) is 0 Å². The Morgan fingerprint density at radius 3 is 2.65 bits per heavy atom. The van der Waals surface area contributed by atoms with Gasteiger partial charge in [-0.05, 0) is 37.5 Å². The van der Waals surface area contributed by atoms with Gasteiger partial charge in [0.1, 0.15) is 0 Å². The molecule has 1 radical (unpaired) electrons. The predicted octanol–water partition coefficient (Wildman–Crippen LogP) is 3.03. The number of rotatable bonds is 0. The fourth-order valence-electron chi connectivity index (χ4n) is 4.73. The summed E-state index contributed by atoms with van der Waals surface area (Å²) in [5.74, 6) is 1.29. The average molecular weight is 356 g/mol. The Hall–Kier alpha value is 0.944. The van der Waals surface area contributed by atoms with E-state index in [2.05, 4.69) is 13.8 Å². The van der Waals surface area contributed by atoms with Crippen molar-refractivity contribution in [2.75, 3.05) is 0 Å². The van der Waals surface area contributed by atoms with Crippen molar-refractivity contribution in [1.82, 2.24) is 0 Å². The van der Waals surface area contributed by atoms with Gasteiger partial charge in [0.15, 0.2) is 11.9 Å². The molecule has 4 heterocycles. The first-order valence-electron chi connectivity index (χ1n) is 7.59. The molecule has 7 atom stereocenters. The maximum absolute atomic E-state index is 6.12. The predicted molar refractivity (Wildman–Crippen MR) is 67.3 cm³/mol. The van der Waals surface area contributed by atoms with Gasteiger partial charge in [0.25, 0.3) is 0 Å². The van der Waals surface area contributed by atoms with Crippen molar-refractivity contribution in [2.24, 2.45) is 23.7 Å². The molecule has 2 bridgehead atoms. The van der Waals surface area contributed by atoms with Crippen LogP contribution in [0.5, 0.6) is 0 Å². The molecule has 0 aromatic carbocycles. The summed E-state index contributed by atoms with van der Waals surface area (Å²) >= 11 is 0. The van der Waals surface area contributed by atoms with Crippen LogP contribution in [0, 0.1) is 30.3 Å². The van der Waals surface area contributed by atoms with Gasteiger partial charge in [0.2, 0.25) is 5.79 Å². The minimum atomic E-state index is -0.647. The van der Waals surface area contributed by atoms with Crippen LogP contribution >= 0.6 is 0 Å². The molecule has 4 aliphatic heterocycles. The molecular formula is C15H23O4Y-. The molecule has 5 fully saturated rings. The number of hydrogen-bond donors (Lipinski definition) is 0. The van der Waals surface area contributed by atoms with Gasteiger partial charge in [0, 0.05) is 39.1 Å². The molecule has 4 nitrogen and oxygen atoms in total. The van der Waals surface area contributed by atoms with E-state index in [1.807, 2.05) is 13.5 Å². The second-order valence-corrected chi connectivity index (χ2v) is 7.04. The molecular weight excluding hydrogens is 333 g/mol. The van der Waals surface area contributed by atoms with Gasteiger partial charge in [0.05, 0.1) is 0 Å². The average Bonchev–Trinajstić information content (AvgIpc) is 2.61. The molecule has 5 rings (SSSR count). The van der Waals surface area contributed by atoms with Gasteiger partial charge in [-0.1, -0.05) is 20.3 Å². The third-order valence-corrected chi connectivity index (χ3v) is 5.83. The standard InChI is InChI=1S/C15H23O4.Y/c1-9-4-5-11-10(2)8-16-13-15(11)12(9)6-7-14(3,17-13)18-19-15;/h8-13H,4-7H2,1-3H3;/q-1;/t9?,10-,11?,12?,13?,14-,15-;/m0./s1. The second-order valence-electron chi connectivity index (χ2n) is 7.04. The summed E-state index contributed by atoms with van der Waals surface area (Å²) in [7, 11) is 0. The maximum atomic E-state index is 6.12. The number of fused-ring (bicyclic) bond motifs is 2. The zero-order chi connectivity index (χ0) is 13.3. The first-order chi connectivity index (χ1) is 9.05. The van der Waals surface area contributed by atoms with E-state index in [-0.39, 0.29) is 39.0 Å². The van der Waals surface area contributed by atoms with E-state index in [4.69, 9.17) is 19.2 Å². The molecule has 0 amide bonds. The normalized spacial score (nSPS) is 57.5. The Labute approximate surface area is 146 Å². The fraction of sp³-hybridized carbons (Fsp3) is 0.933. The van der Waals surface area contributed by atoms with E-state index in [9.17, 15) is 0 Å². The Kier molecular flexibility index (Phi) is 4.15. The largest absolute Gasteiger partial charge is 0.527 e. The molecule has 5 heteroatoms. The smallest absolute Gasteiger partial charge is 0.201 e. The van der Waals surface area contributed by atoms with E-state index in [0.29, 0.717) is 23.7 Å². The van der Waals surface area contributed by atoms with Crippen molar-refractivity contribution in [3.63, 3.8) is 0 Å². The van der Waals surface area contributed by atoms with Crippen molar-refractivity contribution in [3.05, 3.63) is 6.61 Å². The summed E-state index contributed by atoms with van der Waals surface area (Å²) in [6.45, 7) is 8.45. The van der Waals surface area contributed by atoms with Crippen LogP contribution in [-0.2, 0) is 52.0 Å². The van der Waals surface area contributed by atoms with Crippen molar-refractivity contribution in [2.45, 2.75) is 64.1 Å². The summed E-state index contributed by atoms with van der Waals surface area (Å²) in [5.41, 5.74) is -0.401. The van der Waals surface area contributed by atoms with Gasteiger partial charge in [-0.15, -0.1) is 5.92 Å². The molecule has 1 spiro atoms. The zero-order valence-electron chi connectivity index (χ0n) is 12.5. The Morgan fingerprint density at radius 2 is 1.85 bits per heavy atom. The molecule has 0 N–H and O–H groups in total. The van der Waals surface area contributed by atoms with E-state index >= 15 is 0 Å². The van der Waals surface area contributed by atoms with Crippen molar-refractivity contribution < 1.29 is 52.0 Å². The summed E-state index contributed by atoms with van der Waals surface area (Å²) < 4.78 is 12.0. The summed E-state index contributed by atoms with van der Waals surface area (Å²) in [6, 6.07) is 0. The summed E-state index contributed by atoms with van der Waals surface area (Å²) in [4.78, 5) is 11.7. The Bertz CT molecular complexity index is 392. The van der Waals surface area contributed by atoms with Crippen molar-refractivity contribution >= 4 is 0 Å². The molecule has 111 valence electrons. The van der Waals surface area contributed by atoms with E-state index in [1.165, 1.54) is 12.8 Å². The van der Waals surface area contributed by atoms with E-state index in [1.54, 1.807) is 0 Å². The van der Waals surface area contributed by atoms with Crippen LogP contribution in [0.4, 0.5) is 0 Å². The SMILES string of the molecule is CC1CCC2[C@@H](C)[CH-]OC3O[C@]4(C)CCC1[C@]32OO4.[Y]. The van der Waals surface area contributed by atoms with Gasteiger partial charge in [-0.25, -0.2) is 16.4 Å². The first kappa shape index (κ1) is 15.8. The van der Waals surface area contributed by atoms with Gasteiger partial charge < -0.3 is 9.47 Å². The molecule has 0 aromatic heterocycles. The minimum absolute atomic E-state index is 0. The number of ether oxygens (including phenoxy) is 2. The van der Waals surface area contributed by atoms with Crippen molar-refractivity contribution in [3.8, 4) is 0 Å². The quantitative estimate of drug-likeness (QED) is 0.494. The minimum Gasteiger partial charge on any atom is -0.527 e. The number of hydrogen-bond acceptors (Lipinski definition) is 4. The van der Waals surface area contributed by atoms with Crippen molar-refractivity contribution in [1.29, 1.82) is 0 Å². The maximum Gasteiger partial charge on any atom is 0.201 e. The summed E-state index contributed by atoms with van der Waals surface area (Å²) in [5, 5.41) is 0. The molecule has 20 heavy (non-hydrogen) atoms. The van der Waals surface area contributed by atoms with E-state index in [0.717, 1.165) is 12.8 Å². The molecule has 0 aromatic rings. The Morgan fingerprint density at radius 1 is 1.05 bits per heavy atom. The van der Waals surface area contributed by atoms with Gasteiger partial charge in [-0.3, -0.25) is 0 Å². The summed E-state index contributed by atoms with van der Waals surface area (Å²) in [6.07, 6.45) is 4.11. The van der Waals surface area contributed by atoms with E-state index < -0.39 is 11.4 Å². The van der Waals surface area contributed by atoms with Crippen LogP contribution < -0.4 is 0 Å². The second kappa shape index (κ2) is 5.24. The van der Waals surface area contributed by atoms with Gasteiger partial charge >= 0.3 is 0 Å². The van der Waals surface area contributed by atoms with Crippen LogP contribution in [0.15, 0.2) is 0 Å². The molecule has 1 saturated carbocycles. The van der Waals surface area contributed by atoms with Crippen LogP contribution in [0.2, 0.25) is 0 Å². The zero-order valence-corrected chi connectivity index (χ0v) is 15.3.